The number of aryl methyl sites for hydroxylation is 1. The number of carbonyl (C=O) groups excluding carboxylic acids is 1. The van der Waals surface area contributed by atoms with Gasteiger partial charge in [0.05, 0.1) is 5.75 Å². The zero-order valence-corrected chi connectivity index (χ0v) is 14.9. The maximum Gasteiger partial charge on any atom is 0.234 e. The molecule has 118 valence electrons. The van der Waals surface area contributed by atoms with Crippen molar-refractivity contribution in [3.63, 3.8) is 0 Å². The van der Waals surface area contributed by atoms with Crippen LogP contribution in [0, 0.1) is 0 Å². The first-order valence-corrected chi connectivity index (χ1v) is 9.03. The van der Waals surface area contributed by atoms with Crippen LogP contribution in [0.25, 0.3) is 0 Å². The van der Waals surface area contributed by atoms with E-state index in [0.29, 0.717) is 5.75 Å². The smallest absolute Gasteiger partial charge is 0.234 e. The van der Waals surface area contributed by atoms with Crippen LogP contribution < -0.4 is 5.32 Å². The monoisotopic (exact) mass is 382 g/mol. The first kappa shape index (κ1) is 17.0. The summed E-state index contributed by atoms with van der Waals surface area (Å²) in [4.78, 5) is 12.0. The number of nitrogens with one attached hydrogen (secondary N) is 1. The quantitative estimate of drug-likeness (QED) is 0.554. The van der Waals surface area contributed by atoms with E-state index < -0.39 is 0 Å². The Morgan fingerprint density at radius 3 is 3.05 bits per heavy atom. The van der Waals surface area contributed by atoms with Gasteiger partial charge in [0.1, 0.15) is 6.33 Å². The molecule has 0 aliphatic heterocycles. The summed E-state index contributed by atoms with van der Waals surface area (Å²) in [5, 5.41) is 11.7. The van der Waals surface area contributed by atoms with E-state index in [2.05, 4.69) is 38.4 Å². The third kappa shape index (κ3) is 5.46. The lowest BCUT2D eigenvalue weighted by Gasteiger charge is -2.07. The minimum absolute atomic E-state index is 0.0498. The van der Waals surface area contributed by atoms with E-state index in [9.17, 15) is 4.79 Å². The first-order valence-electron chi connectivity index (χ1n) is 7.25. The van der Waals surface area contributed by atoms with Gasteiger partial charge in [0.2, 0.25) is 5.91 Å². The van der Waals surface area contributed by atoms with E-state index in [-0.39, 0.29) is 5.91 Å². The fourth-order valence-corrected chi connectivity index (χ4v) is 3.08. The van der Waals surface area contributed by atoms with Crippen molar-refractivity contribution in [2.75, 3.05) is 11.1 Å². The van der Waals surface area contributed by atoms with Crippen LogP contribution >= 0.6 is 27.7 Å². The first-order chi connectivity index (χ1) is 10.7. The Morgan fingerprint density at radius 2 is 2.27 bits per heavy atom. The van der Waals surface area contributed by atoms with Crippen molar-refractivity contribution >= 4 is 39.3 Å². The van der Waals surface area contributed by atoms with Gasteiger partial charge in [-0.25, -0.2) is 0 Å². The molecule has 1 heterocycles. The molecule has 5 nitrogen and oxygen atoms in total. The largest absolute Gasteiger partial charge is 0.325 e. The molecule has 0 radical (unpaired) electrons. The number of rotatable bonds is 8. The van der Waals surface area contributed by atoms with Crippen LogP contribution in [0.1, 0.15) is 26.2 Å². The number of thioether (sulfide) groups is 1. The molecule has 0 fully saturated rings. The van der Waals surface area contributed by atoms with E-state index in [1.807, 2.05) is 28.8 Å². The summed E-state index contributed by atoms with van der Waals surface area (Å²) in [5.74, 6) is 0.269. The van der Waals surface area contributed by atoms with Crippen molar-refractivity contribution in [3.05, 3.63) is 35.1 Å². The fourth-order valence-electron chi connectivity index (χ4n) is 1.94. The molecule has 1 aromatic carbocycles. The van der Waals surface area contributed by atoms with E-state index >= 15 is 0 Å². The predicted molar refractivity (Wildman–Crippen MR) is 93.0 cm³/mol. The molecular formula is C15H19BrN4OS. The Morgan fingerprint density at radius 1 is 1.41 bits per heavy atom. The molecule has 1 aromatic heterocycles. The van der Waals surface area contributed by atoms with E-state index in [1.54, 1.807) is 6.33 Å². The maximum absolute atomic E-state index is 12.0. The number of hydrogen-bond donors (Lipinski definition) is 1. The van der Waals surface area contributed by atoms with E-state index in [4.69, 9.17) is 0 Å². The van der Waals surface area contributed by atoms with E-state index in [0.717, 1.165) is 28.3 Å². The van der Waals surface area contributed by atoms with Crippen molar-refractivity contribution in [2.45, 2.75) is 37.9 Å². The van der Waals surface area contributed by atoms with E-state index in [1.165, 1.54) is 24.6 Å². The molecular weight excluding hydrogens is 364 g/mol. The summed E-state index contributed by atoms with van der Waals surface area (Å²) in [7, 11) is 0. The molecule has 0 spiro atoms. The lowest BCUT2D eigenvalue weighted by Crippen LogP contribution is -2.14. The topological polar surface area (TPSA) is 59.8 Å². The highest BCUT2D eigenvalue weighted by Crippen LogP contribution is 2.18. The third-order valence-corrected chi connectivity index (χ3v) is 4.50. The SMILES string of the molecule is CCCCCn1cnnc1SCC(=O)Nc1cccc(Br)c1. The molecule has 1 amide bonds. The zero-order valence-electron chi connectivity index (χ0n) is 12.5. The van der Waals surface area contributed by atoms with Gasteiger partial charge < -0.3 is 9.88 Å². The molecule has 0 saturated heterocycles. The number of nitrogens with zero attached hydrogens (tertiary/aromatic N) is 3. The van der Waals surface area contributed by atoms with Gasteiger partial charge in [0.25, 0.3) is 0 Å². The van der Waals surface area contributed by atoms with Gasteiger partial charge in [0, 0.05) is 16.7 Å². The molecule has 0 aliphatic rings. The molecule has 2 aromatic rings. The van der Waals surface area contributed by atoms with Crippen molar-refractivity contribution in [3.8, 4) is 0 Å². The highest BCUT2D eigenvalue weighted by molar-refractivity contribution is 9.10. The lowest BCUT2D eigenvalue weighted by atomic mass is 10.2. The number of benzene rings is 1. The molecule has 0 unspecified atom stereocenters. The summed E-state index contributed by atoms with van der Waals surface area (Å²) in [6.07, 6.45) is 5.20. The van der Waals surface area contributed by atoms with Crippen molar-refractivity contribution in [1.29, 1.82) is 0 Å². The van der Waals surface area contributed by atoms with Crippen molar-refractivity contribution in [2.24, 2.45) is 0 Å². The summed E-state index contributed by atoms with van der Waals surface area (Å²) >= 11 is 4.79. The molecule has 2 rings (SSSR count). The Labute approximate surface area is 143 Å². The summed E-state index contributed by atoms with van der Waals surface area (Å²) in [6, 6.07) is 7.54. The van der Waals surface area contributed by atoms with Crippen LogP contribution in [0.4, 0.5) is 5.69 Å². The minimum atomic E-state index is -0.0498. The minimum Gasteiger partial charge on any atom is -0.325 e. The zero-order chi connectivity index (χ0) is 15.8. The number of aromatic nitrogens is 3. The third-order valence-electron chi connectivity index (χ3n) is 3.02. The van der Waals surface area contributed by atoms with Gasteiger partial charge >= 0.3 is 0 Å². The molecule has 0 bridgehead atoms. The normalized spacial score (nSPS) is 10.6. The molecule has 22 heavy (non-hydrogen) atoms. The Balaban J connectivity index is 1.82. The summed E-state index contributed by atoms with van der Waals surface area (Å²) in [5.41, 5.74) is 0.782. The molecule has 0 saturated carbocycles. The second-order valence-corrected chi connectivity index (χ2v) is 6.72. The van der Waals surface area contributed by atoms with Crippen LogP contribution in [-0.4, -0.2) is 26.4 Å². The molecule has 0 aliphatic carbocycles. The van der Waals surface area contributed by atoms with Gasteiger partial charge in [-0.15, -0.1) is 10.2 Å². The van der Waals surface area contributed by atoms with Crippen LogP contribution in [0.15, 0.2) is 40.2 Å². The lowest BCUT2D eigenvalue weighted by molar-refractivity contribution is -0.113. The van der Waals surface area contributed by atoms with Gasteiger partial charge in [-0.2, -0.15) is 0 Å². The molecule has 0 atom stereocenters. The number of carbonyl (C=O) groups is 1. The highest BCUT2D eigenvalue weighted by Gasteiger charge is 2.09. The molecule has 1 N–H and O–H groups in total. The van der Waals surface area contributed by atoms with Gasteiger partial charge in [-0.1, -0.05) is 53.5 Å². The average Bonchev–Trinajstić information content (AvgIpc) is 2.93. The fraction of sp³-hybridized carbons (Fsp3) is 0.400. The number of hydrogen-bond acceptors (Lipinski definition) is 4. The Bertz CT molecular complexity index is 617. The van der Waals surface area contributed by atoms with Crippen LogP contribution in [0.3, 0.4) is 0 Å². The average molecular weight is 383 g/mol. The van der Waals surface area contributed by atoms with Gasteiger partial charge in [-0.3, -0.25) is 4.79 Å². The molecule has 7 heteroatoms. The van der Waals surface area contributed by atoms with Crippen LogP contribution in [0.5, 0.6) is 0 Å². The maximum atomic E-state index is 12.0. The van der Waals surface area contributed by atoms with Crippen molar-refractivity contribution in [1.82, 2.24) is 14.8 Å². The van der Waals surface area contributed by atoms with Gasteiger partial charge in [-0.05, 0) is 24.6 Å². The van der Waals surface area contributed by atoms with Crippen LogP contribution in [-0.2, 0) is 11.3 Å². The summed E-state index contributed by atoms with van der Waals surface area (Å²) in [6.45, 7) is 3.07. The Hall–Kier alpha value is -1.34. The number of halogens is 1. The number of anilines is 1. The Kier molecular flexibility index (Phi) is 6.92. The highest BCUT2D eigenvalue weighted by atomic mass is 79.9. The van der Waals surface area contributed by atoms with Gasteiger partial charge in [0.15, 0.2) is 5.16 Å². The number of amides is 1. The van der Waals surface area contributed by atoms with Crippen LogP contribution in [0.2, 0.25) is 0 Å². The second kappa shape index (κ2) is 8.95. The second-order valence-electron chi connectivity index (χ2n) is 4.86. The number of unbranched alkanes of at least 4 members (excludes halogenated alkanes) is 2. The summed E-state index contributed by atoms with van der Waals surface area (Å²) < 4.78 is 2.95. The predicted octanol–water partition coefficient (Wildman–Crippen LogP) is 3.96. The van der Waals surface area contributed by atoms with Crippen molar-refractivity contribution < 1.29 is 4.79 Å². The standard InChI is InChI=1S/C15H19BrN4OS/c1-2-3-4-8-20-11-17-19-15(20)22-10-14(21)18-13-7-5-6-12(16)9-13/h5-7,9,11H,2-4,8,10H2,1H3,(H,18,21).